The van der Waals surface area contributed by atoms with E-state index in [1.165, 1.54) is 24.1 Å². The van der Waals surface area contributed by atoms with Gasteiger partial charge in [-0.3, -0.25) is 9.69 Å². The van der Waals surface area contributed by atoms with Crippen LogP contribution in [0.3, 0.4) is 0 Å². The molecule has 1 aliphatic rings. The third-order valence-electron chi connectivity index (χ3n) is 3.74. The van der Waals surface area contributed by atoms with Crippen molar-refractivity contribution in [3.63, 3.8) is 0 Å². The topological polar surface area (TPSA) is 46.3 Å². The minimum Gasteiger partial charge on any atom is -0.369 e. The molecule has 1 aromatic carbocycles. The number of nitrogens with zero attached hydrogens (tertiary/aromatic N) is 1. The van der Waals surface area contributed by atoms with Crippen molar-refractivity contribution in [3.05, 3.63) is 35.6 Å². The van der Waals surface area contributed by atoms with Crippen molar-refractivity contribution in [2.75, 3.05) is 19.6 Å². The molecule has 2 rings (SSSR count). The van der Waals surface area contributed by atoms with Crippen LogP contribution < -0.4 is 5.73 Å². The molecule has 0 aromatic heterocycles. The normalized spacial score (nSPS) is 20.4. The number of piperidine rings is 1. The van der Waals surface area contributed by atoms with Gasteiger partial charge < -0.3 is 5.73 Å². The van der Waals surface area contributed by atoms with Gasteiger partial charge >= 0.3 is 0 Å². The average molecular weight is 264 g/mol. The largest absolute Gasteiger partial charge is 0.369 e. The summed E-state index contributed by atoms with van der Waals surface area (Å²) in [5, 5.41) is 0. The predicted octanol–water partition coefficient (Wildman–Crippen LogP) is 1.96. The number of benzene rings is 1. The van der Waals surface area contributed by atoms with Gasteiger partial charge in [0, 0.05) is 6.54 Å². The number of amides is 1. The first-order chi connectivity index (χ1) is 9.13. The van der Waals surface area contributed by atoms with Gasteiger partial charge in [-0.2, -0.15) is 0 Å². The summed E-state index contributed by atoms with van der Waals surface area (Å²) in [6.45, 7) is 2.28. The lowest BCUT2D eigenvalue weighted by atomic mass is 9.91. The highest BCUT2D eigenvalue weighted by Crippen LogP contribution is 2.21. The van der Waals surface area contributed by atoms with Crippen LogP contribution in [0.15, 0.2) is 24.3 Å². The predicted molar refractivity (Wildman–Crippen MR) is 73.1 cm³/mol. The number of likely N-dealkylation sites (tertiary alicyclic amines) is 1. The van der Waals surface area contributed by atoms with E-state index in [1.807, 2.05) is 12.1 Å². The zero-order valence-electron chi connectivity index (χ0n) is 11.1. The van der Waals surface area contributed by atoms with Gasteiger partial charge in [0.25, 0.3) is 0 Å². The highest BCUT2D eigenvalue weighted by Gasteiger charge is 2.20. The monoisotopic (exact) mass is 264 g/mol. The van der Waals surface area contributed by atoms with E-state index in [4.69, 9.17) is 5.73 Å². The molecular formula is C15H21FN2O. The third-order valence-corrected chi connectivity index (χ3v) is 3.74. The molecule has 19 heavy (non-hydrogen) atoms. The van der Waals surface area contributed by atoms with Gasteiger partial charge in [0.05, 0.1) is 6.54 Å². The first-order valence-corrected chi connectivity index (χ1v) is 6.88. The molecule has 1 atom stereocenters. The Hall–Kier alpha value is -1.42. The molecule has 1 fully saturated rings. The van der Waals surface area contributed by atoms with Gasteiger partial charge in [0.2, 0.25) is 5.91 Å². The highest BCUT2D eigenvalue weighted by molar-refractivity contribution is 5.75. The molecule has 1 saturated heterocycles. The first-order valence-electron chi connectivity index (χ1n) is 6.88. The van der Waals surface area contributed by atoms with E-state index < -0.39 is 0 Å². The van der Waals surface area contributed by atoms with E-state index in [1.54, 1.807) is 0 Å². The summed E-state index contributed by atoms with van der Waals surface area (Å²) in [6.07, 6.45) is 4.38. The molecule has 1 amide bonds. The fraction of sp³-hybridized carbons (Fsp3) is 0.533. The first kappa shape index (κ1) is 14.0. The van der Waals surface area contributed by atoms with Crippen LogP contribution >= 0.6 is 0 Å². The highest BCUT2D eigenvalue weighted by atomic mass is 19.1. The lowest BCUT2D eigenvalue weighted by Gasteiger charge is -2.31. The molecule has 0 unspecified atom stereocenters. The van der Waals surface area contributed by atoms with Crippen molar-refractivity contribution in [1.82, 2.24) is 4.90 Å². The summed E-state index contributed by atoms with van der Waals surface area (Å²) >= 11 is 0. The Balaban J connectivity index is 1.79. The second-order valence-electron chi connectivity index (χ2n) is 5.37. The molecule has 0 bridgehead atoms. The van der Waals surface area contributed by atoms with E-state index in [0.29, 0.717) is 12.5 Å². The quantitative estimate of drug-likeness (QED) is 0.883. The second kappa shape index (κ2) is 6.66. The fourth-order valence-electron chi connectivity index (χ4n) is 2.77. The SMILES string of the molecule is NC(=O)CN1CCC[C@H](CCc2ccc(F)cc2)C1. The molecule has 104 valence electrons. The Morgan fingerprint density at radius 2 is 2.11 bits per heavy atom. The zero-order chi connectivity index (χ0) is 13.7. The molecule has 0 spiro atoms. The number of carbonyl (C=O) groups is 1. The van der Waals surface area contributed by atoms with Gasteiger partial charge in [0.1, 0.15) is 5.82 Å². The van der Waals surface area contributed by atoms with Crippen LogP contribution in [0.1, 0.15) is 24.8 Å². The van der Waals surface area contributed by atoms with Crippen LogP contribution in [0.2, 0.25) is 0 Å². The molecule has 0 aliphatic carbocycles. The van der Waals surface area contributed by atoms with Crippen molar-refractivity contribution in [1.29, 1.82) is 0 Å². The van der Waals surface area contributed by atoms with Crippen LogP contribution in [0, 0.1) is 11.7 Å². The van der Waals surface area contributed by atoms with Crippen molar-refractivity contribution < 1.29 is 9.18 Å². The Bertz CT molecular complexity index is 419. The summed E-state index contributed by atoms with van der Waals surface area (Å²) in [5.74, 6) is 0.173. The van der Waals surface area contributed by atoms with Crippen molar-refractivity contribution in [3.8, 4) is 0 Å². The fourth-order valence-corrected chi connectivity index (χ4v) is 2.77. The minimum absolute atomic E-state index is 0.186. The van der Waals surface area contributed by atoms with Gasteiger partial charge in [-0.15, -0.1) is 0 Å². The van der Waals surface area contributed by atoms with Crippen LogP contribution in [0.4, 0.5) is 4.39 Å². The maximum atomic E-state index is 12.8. The third kappa shape index (κ3) is 4.63. The average Bonchev–Trinajstić information content (AvgIpc) is 2.38. The maximum Gasteiger partial charge on any atom is 0.231 e. The summed E-state index contributed by atoms with van der Waals surface area (Å²) < 4.78 is 12.8. The Morgan fingerprint density at radius 1 is 1.37 bits per heavy atom. The van der Waals surface area contributed by atoms with Gasteiger partial charge in [-0.25, -0.2) is 4.39 Å². The molecule has 1 heterocycles. The number of hydrogen-bond acceptors (Lipinski definition) is 2. The van der Waals surface area contributed by atoms with Gasteiger partial charge in [-0.05, 0) is 55.8 Å². The van der Waals surface area contributed by atoms with E-state index in [-0.39, 0.29) is 11.7 Å². The lowest BCUT2D eigenvalue weighted by molar-refractivity contribution is -0.119. The number of hydrogen-bond donors (Lipinski definition) is 1. The van der Waals surface area contributed by atoms with Crippen molar-refractivity contribution in [2.24, 2.45) is 11.7 Å². The number of nitrogens with two attached hydrogens (primary N) is 1. The van der Waals surface area contributed by atoms with Crippen molar-refractivity contribution in [2.45, 2.75) is 25.7 Å². The van der Waals surface area contributed by atoms with Gasteiger partial charge in [0.15, 0.2) is 0 Å². The summed E-state index contributed by atoms with van der Waals surface area (Å²) in [7, 11) is 0. The molecule has 3 nitrogen and oxygen atoms in total. The smallest absolute Gasteiger partial charge is 0.231 e. The second-order valence-corrected chi connectivity index (χ2v) is 5.37. The van der Waals surface area contributed by atoms with E-state index >= 15 is 0 Å². The van der Waals surface area contributed by atoms with E-state index in [9.17, 15) is 9.18 Å². The molecule has 0 saturated carbocycles. The van der Waals surface area contributed by atoms with Crippen LogP contribution in [0.25, 0.3) is 0 Å². The summed E-state index contributed by atoms with van der Waals surface area (Å²) in [6, 6.07) is 6.71. The maximum absolute atomic E-state index is 12.8. The van der Waals surface area contributed by atoms with Gasteiger partial charge in [-0.1, -0.05) is 12.1 Å². The summed E-state index contributed by atoms with van der Waals surface area (Å²) in [5.41, 5.74) is 6.41. The Morgan fingerprint density at radius 3 is 2.79 bits per heavy atom. The molecular weight excluding hydrogens is 243 g/mol. The van der Waals surface area contributed by atoms with Crippen LogP contribution in [-0.2, 0) is 11.2 Å². The lowest BCUT2D eigenvalue weighted by Crippen LogP contribution is -2.40. The molecule has 0 radical (unpaired) electrons. The molecule has 1 aliphatic heterocycles. The van der Waals surface area contributed by atoms with E-state index in [0.717, 1.165) is 32.4 Å². The number of halogens is 1. The minimum atomic E-state index is -0.251. The standard InChI is InChI=1S/C15H21FN2O/c16-14-7-5-12(6-8-14)3-4-13-2-1-9-18(10-13)11-15(17)19/h5-8,13H,1-4,9-11H2,(H2,17,19)/t13-/m1/s1. The molecule has 1 aromatic rings. The zero-order valence-corrected chi connectivity index (χ0v) is 11.1. The molecule has 4 heteroatoms. The van der Waals surface area contributed by atoms with Crippen LogP contribution in [0.5, 0.6) is 0 Å². The van der Waals surface area contributed by atoms with Crippen molar-refractivity contribution >= 4 is 5.91 Å². The number of rotatable bonds is 5. The number of carbonyl (C=O) groups excluding carboxylic acids is 1. The Labute approximate surface area is 113 Å². The van der Waals surface area contributed by atoms with E-state index in [2.05, 4.69) is 4.90 Å². The Kier molecular flexibility index (Phi) is 4.91. The summed E-state index contributed by atoms with van der Waals surface area (Å²) in [4.78, 5) is 13.1. The van der Waals surface area contributed by atoms with Crippen LogP contribution in [-0.4, -0.2) is 30.4 Å². The number of primary amides is 1. The number of aryl methyl sites for hydroxylation is 1. The molecule has 2 N–H and O–H groups in total.